The maximum atomic E-state index is 6.19. The lowest BCUT2D eigenvalue weighted by molar-refractivity contribution is -0.208. The van der Waals surface area contributed by atoms with E-state index in [1.54, 1.807) is 16.7 Å². The molecule has 3 nitrogen and oxygen atoms in total. The van der Waals surface area contributed by atoms with Crippen LogP contribution in [0.3, 0.4) is 0 Å². The van der Waals surface area contributed by atoms with Crippen molar-refractivity contribution in [2.45, 2.75) is 71.0 Å². The summed E-state index contributed by atoms with van der Waals surface area (Å²) in [7, 11) is 1.81. The summed E-state index contributed by atoms with van der Waals surface area (Å²) in [5.74, 6) is 2.52. The van der Waals surface area contributed by atoms with Crippen LogP contribution in [0.1, 0.15) is 65.2 Å². The summed E-state index contributed by atoms with van der Waals surface area (Å²) in [6.45, 7) is 7.18. The summed E-state index contributed by atoms with van der Waals surface area (Å²) in [6, 6.07) is 0. The van der Waals surface area contributed by atoms with E-state index in [1.807, 2.05) is 7.11 Å². The second-order valence-corrected chi connectivity index (χ2v) is 9.93. The lowest BCUT2D eigenvalue weighted by Crippen LogP contribution is -2.47. The Bertz CT molecular complexity index is 657. The van der Waals surface area contributed by atoms with Gasteiger partial charge in [0.05, 0.1) is 19.8 Å². The molecule has 3 heteroatoms. The van der Waals surface area contributed by atoms with Crippen LogP contribution in [0.15, 0.2) is 22.8 Å². The largest absolute Gasteiger partial charge is 0.384 e. The highest BCUT2D eigenvalue weighted by Crippen LogP contribution is 2.62. The van der Waals surface area contributed by atoms with Crippen molar-refractivity contribution in [1.82, 2.24) is 0 Å². The van der Waals surface area contributed by atoms with Crippen molar-refractivity contribution in [2.75, 3.05) is 26.9 Å². The molecule has 150 valence electrons. The molecule has 0 bridgehead atoms. The number of hydrogen-bond donors (Lipinski definition) is 0. The highest BCUT2D eigenvalue weighted by atomic mass is 16.7. The van der Waals surface area contributed by atoms with Gasteiger partial charge in [-0.25, -0.2) is 0 Å². The fraction of sp³-hybridized carbons (Fsp3) is 0.833. The number of rotatable bonds is 3. The Morgan fingerprint density at radius 3 is 2.70 bits per heavy atom. The van der Waals surface area contributed by atoms with Crippen molar-refractivity contribution in [1.29, 1.82) is 0 Å². The smallest absolute Gasteiger partial charge is 0.177 e. The van der Waals surface area contributed by atoms with Gasteiger partial charge in [0.25, 0.3) is 0 Å². The minimum Gasteiger partial charge on any atom is -0.384 e. The third kappa shape index (κ3) is 2.64. The average molecular weight is 373 g/mol. The normalized spacial score (nSPS) is 42.7. The first-order valence-electron chi connectivity index (χ1n) is 11.3. The maximum Gasteiger partial charge on any atom is 0.177 e. The Morgan fingerprint density at radius 1 is 1.15 bits per heavy atom. The van der Waals surface area contributed by atoms with Crippen molar-refractivity contribution in [3.63, 3.8) is 0 Å². The van der Waals surface area contributed by atoms with E-state index in [2.05, 4.69) is 19.9 Å². The minimum absolute atomic E-state index is 0.323. The molecule has 0 aromatic carbocycles. The molecule has 0 aromatic rings. The zero-order chi connectivity index (χ0) is 18.6. The van der Waals surface area contributed by atoms with Gasteiger partial charge in [0, 0.05) is 19.4 Å². The highest BCUT2D eigenvalue weighted by molar-refractivity contribution is 5.45. The molecule has 1 aliphatic heterocycles. The van der Waals surface area contributed by atoms with E-state index in [9.17, 15) is 0 Å². The Balaban J connectivity index is 1.48. The number of methoxy groups -OCH3 is 1. The van der Waals surface area contributed by atoms with Crippen LogP contribution in [0.2, 0.25) is 0 Å². The Hall–Kier alpha value is -0.640. The second-order valence-electron chi connectivity index (χ2n) is 9.93. The molecule has 1 saturated heterocycles. The molecule has 5 rings (SSSR count). The Kier molecular flexibility index (Phi) is 4.57. The van der Waals surface area contributed by atoms with Crippen molar-refractivity contribution in [2.24, 2.45) is 29.1 Å². The van der Waals surface area contributed by atoms with Gasteiger partial charge in [-0.05, 0) is 72.8 Å². The van der Waals surface area contributed by atoms with Gasteiger partial charge in [0.2, 0.25) is 0 Å². The molecule has 5 aliphatic rings. The van der Waals surface area contributed by atoms with Gasteiger partial charge in [-0.15, -0.1) is 0 Å². The fourth-order valence-electron chi connectivity index (χ4n) is 7.57. The molecule has 0 radical (unpaired) electrons. The second kappa shape index (κ2) is 6.71. The SMILES string of the molecule is CC[C@H]1CC[C@H]2[C@@H]3CCC4=C(CC(COC)C5(C4)OCCO5)C3=CC[C@]12C. The summed E-state index contributed by atoms with van der Waals surface area (Å²) in [5, 5.41) is 0. The van der Waals surface area contributed by atoms with E-state index in [-0.39, 0.29) is 0 Å². The molecular formula is C24H36O3. The first-order chi connectivity index (χ1) is 13.1. The highest BCUT2D eigenvalue weighted by Gasteiger charge is 2.54. The molecule has 0 aromatic heterocycles. The summed E-state index contributed by atoms with van der Waals surface area (Å²) in [6.07, 6.45) is 12.8. The third-order valence-electron chi connectivity index (χ3n) is 8.95. The van der Waals surface area contributed by atoms with Gasteiger partial charge in [-0.3, -0.25) is 0 Å². The van der Waals surface area contributed by atoms with Gasteiger partial charge in [-0.2, -0.15) is 0 Å². The fourth-order valence-corrected chi connectivity index (χ4v) is 7.57. The van der Waals surface area contributed by atoms with E-state index >= 15 is 0 Å². The zero-order valence-electron chi connectivity index (χ0n) is 17.4. The topological polar surface area (TPSA) is 27.7 Å². The van der Waals surface area contributed by atoms with Crippen molar-refractivity contribution >= 4 is 0 Å². The van der Waals surface area contributed by atoms with Crippen molar-refractivity contribution in [3.8, 4) is 0 Å². The number of hydrogen-bond acceptors (Lipinski definition) is 3. The monoisotopic (exact) mass is 372 g/mol. The minimum atomic E-state index is -0.411. The van der Waals surface area contributed by atoms with Crippen LogP contribution < -0.4 is 0 Å². The summed E-state index contributed by atoms with van der Waals surface area (Å²) < 4.78 is 18.0. The predicted octanol–water partition coefficient (Wildman–Crippen LogP) is 5.27. The van der Waals surface area contributed by atoms with Crippen LogP contribution in [0.25, 0.3) is 0 Å². The van der Waals surface area contributed by atoms with Crippen LogP contribution in [0, 0.1) is 29.1 Å². The molecule has 5 atom stereocenters. The van der Waals surface area contributed by atoms with Crippen molar-refractivity contribution < 1.29 is 14.2 Å². The molecule has 4 aliphatic carbocycles. The number of allylic oxidation sites excluding steroid dienone is 3. The standard InChI is InChI=1S/C24H36O3/c1-4-17-6-8-22-20-7-5-16-14-24(26-11-12-27-24)18(15-25-3)13-21(16)19(20)9-10-23(17,22)2/h9,17-18,20,22H,4-8,10-15H2,1-3H3/t17-,18?,20+,22-,23+/m0/s1. The molecule has 0 amide bonds. The van der Waals surface area contributed by atoms with Crippen LogP contribution in [-0.4, -0.2) is 32.7 Å². The van der Waals surface area contributed by atoms with Crippen LogP contribution in [-0.2, 0) is 14.2 Å². The molecule has 1 saturated carbocycles. The van der Waals surface area contributed by atoms with Crippen LogP contribution >= 0.6 is 0 Å². The van der Waals surface area contributed by atoms with E-state index in [1.165, 1.54) is 38.5 Å². The van der Waals surface area contributed by atoms with E-state index in [0.717, 1.165) is 50.4 Å². The van der Waals surface area contributed by atoms with E-state index in [4.69, 9.17) is 14.2 Å². The summed E-state index contributed by atoms with van der Waals surface area (Å²) in [4.78, 5) is 0. The lowest BCUT2D eigenvalue weighted by Gasteiger charge is -2.50. The quantitative estimate of drug-likeness (QED) is 0.676. The molecule has 1 unspecified atom stereocenters. The lowest BCUT2D eigenvalue weighted by atomic mass is 9.56. The Labute approximate surface area is 164 Å². The molecule has 2 fully saturated rings. The molecule has 0 N–H and O–H groups in total. The van der Waals surface area contributed by atoms with Gasteiger partial charge in [0.15, 0.2) is 5.79 Å². The van der Waals surface area contributed by atoms with E-state index in [0.29, 0.717) is 11.3 Å². The average Bonchev–Trinajstić information content (AvgIpc) is 3.27. The van der Waals surface area contributed by atoms with Gasteiger partial charge < -0.3 is 14.2 Å². The molecule has 1 spiro atoms. The first kappa shape index (κ1) is 18.4. The van der Waals surface area contributed by atoms with Crippen LogP contribution in [0.4, 0.5) is 0 Å². The summed E-state index contributed by atoms with van der Waals surface area (Å²) >= 11 is 0. The van der Waals surface area contributed by atoms with Gasteiger partial charge >= 0.3 is 0 Å². The summed E-state index contributed by atoms with van der Waals surface area (Å²) in [5.41, 5.74) is 5.55. The van der Waals surface area contributed by atoms with Crippen LogP contribution in [0.5, 0.6) is 0 Å². The third-order valence-corrected chi connectivity index (χ3v) is 8.95. The maximum absolute atomic E-state index is 6.19. The zero-order valence-corrected chi connectivity index (χ0v) is 17.4. The number of fused-ring (bicyclic) bond motifs is 4. The van der Waals surface area contributed by atoms with Crippen molar-refractivity contribution in [3.05, 3.63) is 22.8 Å². The molecule has 27 heavy (non-hydrogen) atoms. The van der Waals surface area contributed by atoms with Gasteiger partial charge in [-0.1, -0.05) is 31.9 Å². The van der Waals surface area contributed by atoms with Gasteiger partial charge in [0.1, 0.15) is 0 Å². The number of ether oxygens (including phenoxy) is 3. The molecular weight excluding hydrogens is 336 g/mol. The predicted molar refractivity (Wildman–Crippen MR) is 106 cm³/mol. The first-order valence-corrected chi connectivity index (χ1v) is 11.3. The molecule has 1 heterocycles. The Morgan fingerprint density at radius 2 is 1.96 bits per heavy atom. The van der Waals surface area contributed by atoms with E-state index < -0.39 is 5.79 Å².